The van der Waals surface area contributed by atoms with E-state index >= 15 is 0 Å². The van der Waals surface area contributed by atoms with E-state index in [1.807, 2.05) is 0 Å². The van der Waals surface area contributed by atoms with Crippen LogP contribution < -0.4 is 10.6 Å². The molecule has 1 atom stereocenters. The zero-order valence-electron chi connectivity index (χ0n) is 8.00. The zero-order valence-corrected chi connectivity index (χ0v) is 8.76. The number of hydrogen-bond donors (Lipinski definition) is 2. The highest BCUT2D eigenvalue weighted by Gasteiger charge is 2.25. The topological polar surface area (TPSA) is 58.2 Å². The normalized spacial score (nSPS) is 20.0. The molecule has 15 heavy (non-hydrogen) atoms. The molecule has 1 aliphatic rings. The van der Waals surface area contributed by atoms with Crippen LogP contribution in [0.4, 0.5) is 5.69 Å². The van der Waals surface area contributed by atoms with Crippen LogP contribution in [0.2, 0.25) is 5.02 Å². The lowest BCUT2D eigenvalue weighted by atomic mass is 10.1. The number of halogens is 1. The van der Waals surface area contributed by atoms with Gasteiger partial charge >= 0.3 is 0 Å². The van der Waals surface area contributed by atoms with Crippen LogP contribution in [-0.4, -0.2) is 17.9 Å². The van der Waals surface area contributed by atoms with Crippen LogP contribution in [0, 0.1) is 0 Å². The van der Waals surface area contributed by atoms with E-state index in [0.29, 0.717) is 16.3 Å². The van der Waals surface area contributed by atoms with E-state index in [2.05, 4.69) is 10.6 Å². The maximum atomic E-state index is 11.7. The van der Waals surface area contributed by atoms with Gasteiger partial charge in [-0.2, -0.15) is 0 Å². The first-order valence-electron chi connectivity index (χ1n) is 4.50. The summed E-state index contributed by atoms with van der Waals surface area (Å²) in [5, 5.41) is 5.55. The minimum atomic E-state index is -0.555. The van der Waals surface area contributed by atoms with Crippen molar-refractivity contribution in [2.24, 2.45) is 0 Å². The Hall–Kier alpha value is -1.55. The summed E-state index contributed by atoms with van der Waals surface area (Å²) in [6.45, 7) is 1.62. The van der Waals surface area contributed by atoms with Crippen molar-refractivity contribution in [3.8, 4) is 0 Å². The molecule has 0 saturated carbocycles. The molecule has 2 N–H and O–H groups in total. The zero-order chi connectivity index (χ0) is 11.0. The molecule has 4 nitrogen and oxygen atoms in total. The molecule has 0 aromatic heterocycles. The van der Waals surface area contributed by atoms with Gasteiger partial charge < -0.3 is 10.6 Å². The van der Waals surface area contributed by atoms with Gasteiger partial charge in [0, 0.05) is 0 Å². The lowest BCUT2D eigenvalue weighted by molar-refractivity contribution is -0.117. The third kappa shape index (κ3) is 1.68. The van der Waals surface area contributed by atoms with Crippen molar-refractivity contribution in [3.63, 3.8) is 0 Å². The number of carbonyl (C=O) groups excluding carboxylic acids is 2. The fraction of sp³-hybridized carbons (Fsp3) is 0.200. The number of rotatable bonds is 0. The molecule has 0 radical (unpaired) electrons. The fourth-order valence-electron chi connectivity index (χ4n) is 1.41. The Morgan fingerprint density at radius 2 is 2.07 bits per heavy atom. The first-order valence-corrected chi connectivity index (χ1v) is 4.87. The number of anilines is 1. The Balaban J connectivity index is 2.56. The standard InChI is InChI=1S/C10H9ClN2O2/c1-5-9(14)13-8-6(10(15)12-5)3-2-4-7(8)11/h2-5H,1H3,(H,12,15)(H,13,14). The largest absolute Gasteiger partial charge is 0.340 e. The maximum absolute atomic E-state index is 11.7. The molecule has 0 spiro atoms. The molecular formula is C10H9ClN2O2. The Morgan fingerprint density at radius 3 is 2.80 bits per heavy atom. The summed E-state index contributed by atoms with van der Waals surface area (Å²) in [4.78, 5) is 23.1. The summed E-state index contributed by atoms with van der Waals surface area (Å²) in [6, 6.07) is 4.36. The van der Waals surface area contributed by atoms with Gasteiger partial charge in [-0.15, -0.1) is 0 Å². The number of benzene rings is 1. The molecule has 78 valence electrons. The van der Waals surface area contributed by atoms with Crippen molar-refractivity contribution < 1.29 is 9.59 Å². The second-order valence-corrected chi connectivity index (χ2v) is 3.75. The van der Waals surface area contributed by atoms with Gasteiger partial charge in [0.05, 0.1) is 16.3 Å². The van der Waals surface area contributed by atoms with Crippen LogP contribution in [0.1, 0.15) is 17.3 Å². The average molecular weight is 225 g/mol. The molecule has 1 unspecified atom stereocenters. The number of para-hydroxylation sites is 1. The monoisotopic (exact) mass is 224 g/mol. The Labute approximate surface area is 91.6 Å². The first kappa shape index (κ1) is 9.98. The summed E-state index contributed by atoms with van der Waals surface area (Å²) in [5.41, 5.74) is 0.770. The van der Waals surface area contributed by atoms with Crippen LogP contribution in [0.15, 0.2) is 18.2 Å². The number of fused-ring (bicyclic) bond motifs is 1. The molecule has 2 rings (SSSR count). The highest BCUT2D eigenvalue weighted by Crippen LogP contribution is 2.27. The molecule has 0 aliphatic carbocycles. The Bertz CT molecular complexity index is 445. The quantitative estimate of drug-likeness (QED) is 0.700. The van der Waals surface area contributed by atoms with Crippen LogP contribution in [0.5, 0.6) is 0 Å². The Morgan fingerprint density at radius 1 is 1.33 bits per heavy atom. The van der Waals surface area contributed by atoms with Crippen LogP contribution in [0.25, 0.3) is 0 Å². The molecule has 1 heterocycles. The van der Waals surface area contributed by atoms with Gasteiger partial charge in [0.1, 0.15) is 6.04 Å². The maximum Gasteiger partial charge on any atom is 0.254 e. The van der Waals surface area contributed by atoms with Crippen molar-refractivity contribution in [3.05, 3.63) is 28.8 Å². The van der Waals surface area contributed by atoms with Gasteiger partial charge in [0.15, 0.2) is 0 Å². The number of amides is 2. The average Bonchev–Trinajstić information content (AvgIpc) is 2.29. The molecule has 0 saturated heterocycles. The van der Waals surface area contributed by atoms with E-state index < -0.39 is 6.04 Å². The van der Waals surface area contributed by atoms with E-state index in [-0.39, 0.29) is 11.8 Å². The van der Waals surface area contributed by atoms with Crippen molar-refractivity contribution in [2.45, 2.75) is 13.0 Å². The lowest BCUT2D eigenvalue weighted by Gasteiger charge is -2.07. The van der Waals surface area contributed by atoms with E-state index in [9.17, 15) is 9.59 Å². The third-order valence-electron chi connectivity index (χ3n) is 2.25. The van der Waals surface area contributed by atoms with Crippen LogP contribution in [-0.2, 0) is 4.79 Å². The SMILES string of the molecule is CC1NC(=O)c2cccc(Cl)c2NC1=O. The van der Waals surface area contributed by atoms with E-state index in [4.69, 9.17) is 11.6 Å². The smallest absolute Gasteiger partial charge is 0.254 e. The van der Waals surface area contributed by atoms with E-state index in [0.717, 1.165) is 0 Å². The minimum absolute atomic E-state index is 0.268. The van der Waals surface area contributed by atoms with Crippen LogP contribution >= 0.6 is 11.6 Å². The lowest BCUT2D eigenvalue weighted by Crippen LogP contribution is -2.38. The summed E-state index contributed by atoms with van der Waals surface area (Å²) in [7, 11) is 0. The van der Waals surface area contributed by atoms with E-state index in [1.54, 1.807) is 25.1 Å². The van der Waals surface area contributed by atoms with Gasteiger partial charge in [-0.1, -0.05) is 17.7 Å². The van der Waals surface area contributed by atoms with Gasteiger partial charge in [0.25, 0.3) is 5.91 Å². The highest BCUT2D eigenvalue weighted by molar-refractivity contribution is 6.35. The highest BCUT2D eigenvalue weighted by atomic mass is 35.5. The second-order valence-electron chi connectivity index (χ2n) is 3.35. The molecule has 0 fully saturated rings. The first-order chi connectivity index (χ1) is 7.09. The van der Waals surface area contributed by atoms with Crippen molar-refractivity contribution >= 4 is 29.1 Å². The molecule has 1 aliphatic heterocycles. The summed E-state index contributed by atoms with van der Waals surface area (Å²) >= 11 is 5.90. The molecule has 5 heteroatoms. The molecular weight excluding hydrogens is 216 g/mol. The molecule has 1 aromatic carbocycles. The second kappa shape index (κ2) is 3.55. The molecule has 2 amide bonds. The third-order valence-corrected chi connectivity index (χ3v) is 2.56. The molecule has 1 aromatic rings. The van der Waals surface area contributed by atoms with Gasteiger partial charge in [-0.05, 0) is 19.1 Å². The predicted molar refractivity (Wildman–Crippen MR) is 57.0 cm³/mol. The van der Waals surface area contributed by atoms with Crippen molar-refractivity contribution in [1.82, 2.24) is 5.32 Å². The Kier molecular flexibility index (Phi) is 2.36. The molecule has 0 bridgehead atoms. The van der Waals surface area contributed by atoms with Crippen molar-refractivity contribution in [2.75, 3.05) is 5.32 Å². The van der Waals surface area contributed by atoms with Crippen LogP contribution in [0.3, 0.4) is 0 Å². The van der Waals surface area contributed by atoms with Gasteiger partial charge in [-0.3, -0.25) is 9.59 Å². The number of nitrogens with one attached hydrogen (secondary N) is 2. The van der Waals surface area contributed by atoms with E-state index in [1.165, 1.54) is 0 Å². The van der Waals surface area contributed by atoms with Gasteiger partial charge in [-0.25, -0.2) is 0 Å². The number of hydrogen-bond acceptors (Lipinski definition) is 2. The van der Waals surface area contributed by atoms with Gasteiger partial charge in [0.2, 0.25) is 5.91 Å². The predicted octanol–water partition coefficient (Wildman–Crippen LogP) is 1.41. The summed E-state index contributed by atoms with van der Waals surface area (Å²) in [6.07, 6.45) is 0. The number of carbonyl (C=O) groups is 2. The van der Waals surface area contributed by atoms with Crippen molar-refractivity contribution in [1.29, 1.82) is 0 Å². The fourth-order valence-corrected chi connectivity index (χ4v) is 1.63. The minimum Gasteiger partial charge on any atom is -0.340 e. The summed E-state index contributed by atoms with van der Waals surface area (Å²) in [5.74, 6) is -0.562. The summed E-state index contributed by atoms with van der Waals surface area (Å²) < 4.78 is 0.